The van der Waals surface area contributed by atoms with E-state index in [1.165, 1.54) is 0 Å². The van der Waals surface area contributed by atoms with Crippen molar-refractivity contribution in [2.75, 3.05) is 0 Å². The summed E-state index contributed by atoms with van der Waals surface area (Å²) in [6.07, 6.45) is 1.36. The molecule has 0 aliphatic rings. The lowest BCUT2D eigenvalue weighted by Crippen LogP contribution is -2.02. The molecule has 104 valence electrons. The number of para-hydroxylation sites is 1. The van der Waals surface area contributed by atoms with Crippen molar-refractivity contribution < 1.29 is 9.52 Å². The molecular formula is C15H15ClN2O2. The van der Waals surface area contributed by atoms with Gasteiger partial charge in [0.05, 0.1) is 18.1 Å². The maximum Gasteiger partial charge on any atom is 0.134 e. The van der Waals surface area contributed by atoms with Crippen LogP contribution in [0.2, 0.25) is 5.15 Å². The average Bonchev–Trinajstić information content (AvgIpc) is 2.96. The van der Waals surface area contributed by atoms with Gasteiger partial charge in [-0.25, -0.2) is 0 Å². The Bertz CT molecular complexity index is 760. The zero-order chi connectivity index (χ0) is 14.3. The van der Waals surface area contributed by atoms with E-state index in [-0.39, 0.29) is 0 Å². The number of aromatic nitrogens is 2. The van der Waals surface area contributed by atoms with Crippen LogP contribution in [-0.4, -0.2) is 14.9 Å². The van der Waals surface area contributed by atoms with Crippen molar-refractivity contribution in [1.29, 1.82) is 0 Å². The predicted molar refractivity (Wildman–Crippen MR) is 77.8 cm³/mol. The quantitative estimate of drug-likeness (QED) is 0.804. The molecule has 5 heteroatoms. The average molecular weight is 291 g/mol. The minimum absolute atomic E-state index is 0.419. The lowest BCUT2D eigenvalue weighted by atomic mass is 10.0. The first-order chi connectivity index (χ1) is 9.58. The molecule has 1 atom stereocenters. The van der Waals surface area contributed by atoms with E-state index < -0.39 is 6.10 Å². The number of rotatable bonds is 3. The number of hydrogen-bond donors (Lipinski definition) is 1. The third-order valence-electron chi connectivity index (χ3n) is 3.54. The largest absolute Gasteiger partial charge is 0.464 e. The van der Waals surface area contributed by atoms with Gasteiger partial charge in [-0.3, -0.25) is 4.68 Å². The van der Waals surface area contributed by atoms with Crippen LogP contribution in [-0.2, 0) is 13.5 Å². The number of aliphatic hydroxyl groups excluding tert-OH is 1. The van der Waals surface area contributed by atoms with Crippen molar-refractivity contribution in [3.8, 4) is 0 Å². The fourth-order valence-corrected chi connectivity index (χ4v) is 2.72. The fourth-order valence-electron chi connectivity index (χ4n) is 2.47. The molecule has 3 rings (SSSR count). The molecule has 1 aromatic carbocycles. The van der Waals surface area contributed by atoms with Crippen LogP contribution >= 0.6 is 11.6 Å². The van der Waals surface area contributed by atoms with E-state index in [0.717, 1.165) is 27.8 Å². The summed E-state index contributed by atoms with van der Waals surface area (Å²) in [6.45, 7) is 1.89. The Morgan fingerprint density at radius 1 is 1.40 bits per heavy atom. The minimum Gasteiger partial charge on any atom is -0.464 e. The lowest BCUT2D eigenvalue weighted by Gasteiger charge is -2.09. The van der Waals surface area contributed by atoms with Gasteiger partial charge in [0.15, 0.2) is 0 Å². The normalized spacial score (nSPS) is 13.0. The number of fused-ring (bicyclic) bond motifs is 1. The Kier molecular flexibility index (Phi) is 3.28. The maximum absolute atomic E-state index is 10.5. The standard InChI is InChI=1S/C15H15ClN2O2/c1-9-11(15(16)18(2)17-9)7-13(19)12-8-20-14-6-4-3-5-10(12)14/h3-6,8,13,19H,7H2,1-2H3. The molecular weight excluding hydrogens is 276 g/mol. The molecule has 2 aromatic heterocycles. The first-order valence-electron chi connectivity index (χ1n) is 6.40. The van der Waals surface area contributed by atoms with Gasteiger partial charge in [-0.1, -0.05) is 29.8 Å². The smallest absolute Gasteiger partial charge is 0.134 e. The Balaban J connectivity index is 1.95. The Morgan fingerprint density at radius 2 is 2.15 bits per heavy atom. The summed E-state index contributed by atoms with van der Waals surface area (Å²) < 4.78 is 7.08. The summed E-state index contributed by atoms with van der Waals surface area (Å²) in [5.41, 5.74) is 3.26. The summed E-state index contributed by atoms with van der Waals surface area (Å²) in [4.78, 5) is 0. The third-order valence-corrected chi connectivity index (χ3v) is 4.01. The molecule has 0 saturated carbocycles. The molecule has 3 aromatic rings. The molecule has 0 aliphatic heterocycles. The van der Waals surface area contributed by atoms with Crippen LogP contribution in [0.4, 0.5) is 0 Å². The molecule has 4 nitrogen and oxygen atoms in total. The van der Waals surface area contributed by atoms with E-state index in [0.29, 0.717) is 11.6 Å². The fraction of sp³-hybridized carbons (Fsp3) is 0.267. The van der Waals surface area contributed by atoms with E-state index in [4.69, 9.17) is 16.0 Å². The highest BCUT2D eigenvalue weighted by atomic mass is 35.5. The third kappa shape index (κ3) is 2.11. The number of furan rings is 1. The van der Waals surface area contributed by atoms with Crippen molar-refractivity contribution in [3.05, 3.63) is 52.5 Å². The van der Waals surface area contributed by atoms with Gasteiger partial charge < -0.3 is 9.52 Å². The van der Waals surface area contributed by atoms with Crippen molar-refractivity contribution >= 4 is 22.6 Å². The van der Waals surface area contributed by atoms with Crippen LogP contribution in [0.15, 0.2) is 34.9 Å². The van der Waals surface area contributed by atoms with Crippen LogP contribution in [0.1, 0.15) is 22.9 Å². The van der Waals surface area contributed by atoms with Gasteiger partial charge in [-0.05, 0) is 13.0 Å². The van der Waals surface area contributed by atoms with Crippen LogP contribution in [0.3, 0.4) is 0 Å². The number of halogens is 1. The molecule has 0 saturated heterocycles. The van der Waals surface area contributed by atoms with E-state index in [9.17, 15) is 5.11 Å². The van der Waals surface area contributed by atoms with Crippen LogP contribution in [0.25, 0.3) is 11.0 Å². The van der Waals surface area contributed by atoms with Gasteiger partial charge in [0, 0.05) is 30.0 Å². The van der Waals surface area contributed by atoms with Crippen molar-refractivity contribution in [1.82, 2.24) is 9.78 Å². The topological polar surface area (TPSA) is 51.2 Å². The number of aryl methyl sites for hydroxylation is 2. The van der Waals surface area contributed by atoms with Gasteiger partial charge in [0.2, 0.25) is 0 Å². The Hall–Kier alpha value is -1.78. The van der Waals surface area contributed by atoms with E-state index in [1.807, 2.05) is 31.2 Å². The lowest BCUT2D eigenvalue weighted by molar-refractivity contribution is 0.178. The van der Waals surface area contributed by atoms with Crippen LogP contribution in [0.5, 0.6) is 0 Å². The molecule has 0 bridgehead atoms. The number of nitrogens with zero attached hydrogens (tertiary/aromatic N) is 2. The van der Waals surface area contributed by atoms with Gasteiger partial charge in [0.25, 0.3) is 0 Å². The van der Waals surface area contributed by atoms with E-state index in [1.54, 1.807) is 18.0 Å². The van der Waals surface area contributed by atoms with Gasteiger partial charge >= 0.3 is 0 Å². The van der Waals surface area contributed by atoms with Crippen molar-refractivity contribution in [3.63, 3.8) is 0 Å². The van der Waals surface area contributed by atoms with Gasteiger partial charge in [0.1, 0.15) is 10.7 Å². The zero-order valence-electron chi connectivity index (χ0n) is 11.3. The van der Waals surface area contributed by atoms with Crippen LogP contribution in [0, 0.1) is 6.92 Å². The van der Waals surface area contributed by atoms with E-state index in [2.05, 4.69) is 5.10 Å². The second-order valence-corrected chi connectivity index (χ2v) is 5.24. The number of hydrogen-bond acceptors (Lipinski definition) is 3. The van der Waals surface area contributed by atoms with Crippen molar-refractivity contribution in [2.45, 2.75) is 19.4 Å². The monoisotopic (exact) mass is 290 g/mol. The molecule has 20 heavy (non-hydrogen) atoms. The molecule has 0 amide bonds. The summed E-state index contributed by atoms with van der Waals surface area (Å²) in [6, 6.07) is 7.66. The van der Waals surface area contributed by atoms with E-state index >= 15 is 0 Å². The predicted octanol–water partition coefficient (Wildman–Crippen LogP) is 3.40. The summed E-state index contributed by atoms with van der Waals surface area (Å²) in [5.74, 6) is 0. The second kappa shape index (κ2) is 4.96. The summed E-state index contributed by atoms with van der Waals surface area (Å²) >= 11 is 6.20. The number of benzene rings is 1. The molecule has 0 fully saturated rings. The van der Waals surface area contributed by atoms with Gasteiger partial charge in [-0.2, -0.15) is 5.10 Å². The Labute approximate surface area is 121 Å². The maximum atomic E-state index is 10.5. The number of aliphatic hydroxyl groups is 1. The SMILES string of the molecule is Cc1nn(C)c(Cl)c1CC(O)c1coc2ccccc12. The molecule has 0 radical (unpaired) electrons. The highest BCUT2D eigenvalue weighted by Gasteiger charge is 2.19. The summed E-state index contributed by atoms with van der Waals surface area (Å²) in [7, 11) is 1.79. The highest BCUT2D eigenvalue weighted by molar-refractivity contribution is 6.30. The molecule has 0 spiro atoms. The molecule has 1 N–H and O–H groups in total. The van der Waals surface area contributed by atoms with Gasteiger partial charge in [-0.15, -0.1) is 0 Å². The minimum atomic E-state index is -0.668. The molecule has 0 aliphatic carbocycles. The highest BCUT2D eigenvalue weighted by Crippen LogP contribution is 2.30. The molecule has 2 heterocycles. The Morgan fingerprint density at radius 3 is 2.85 bits per heavy atom. The molecule has 1 unspecified atom stereocenters. The van der Waals surface area contributed by atoms with Crippen molar-refractivity contribution in [2.24, 2.45) is 7.05 Å². The first-order valence-corrected chi connectivity index (χ1v) is 6.78. The first kappa shape index (κ1) is 13.2. The zero-order valence-corrected chi connectivity index (χ0v) is 12.1. The second-order valence-electron chi connectivity index (χ2n) is 4.89. The summed E-state index contributed by atoms with van der Waals surface area (Å²) in [5, 5.41) is 16.2. The van der Waals surface area contributed by atoms with Crippen LogP contribution < -0.4 is 0 Å².